The van der Waals surface area contributed by atoms with E-state index in [1.54, 1.807) is 31.2 Å². The van der Waals surface area contributed by atoms with Gasteiger partial charge in [-0.1, -0.05) is 37.6 Å². The molecule has 0 saturated carbocycles. The summed E-state index contributed by atoms with van der Waals surface area (Å²) in [6, 6.07) is 12.6. The molecule has 2 aromatic rings. The Labute approximate surface area is 148 Å². The van der Waals surface area contributed by atoms with Crippen LogP contribution < -0.4 is 10.1 Å². The van der Waals surface area contributed by atoms with Crippen LogP contribution in [0.3, 0.4) is 0 Å². The van der Waals surface area contributed by atoms with Crippen molar-refractivity contribution in [1.29, 1.82) is 0 Å². The third kappa shape index (κ3) is 5.08. The fourth-order valence-corrected chi connectivity index (χ4v) is 2.41. The van der Waals surface area contributed by atoms with E-state index in [0.29, 0.717) is 17.0 Å². The highest BCUT2D eigenvalue weighted by atomic mass is 16.6. The van der Waals surface area contributed by atoms with E-state index >= 15 is 0 Å². The Bertz CT molecular complexity index is 738. The van der Waals surface area contributed by atoms with Gasteiger partial charge in [0.1, 0.15) is 0 Å². The molecule has 0 heterocycles. The monoisotopic (exact) mass is 341 g/mol. The van der Waals surface area contributed by atoms with Gasteiger partial charge in [0.15, 0.2) is 5.75 Å². The van der Waals surface area contributed by atoms with Gasteiger partial charge < -0.3 is 9.47 Å². The van der Waals surface area contributed by atoms with Gasteiger partial charge in [-0.2, -0.15) is 0 Å². The standard InChI is InChI=1S/C20H23NO4/c1-4-7-15-10-12-16(13-11-15)19(22)25-18-14(3)8-6-9-17(18)21-20(23)24-5-2/h6,8-13H,4-5,7H2,1-3H3,(H,21,23). The average molecular weight is 341 g/mol. The third-order valence-corrected chi connectivity index (χ3v) is 3.65. The number of esters is 1. The molecule has 0 fully saturated rings. The molecule has 0 saturated heterocycles. The van der Waals surface area contributed by atoms with Crippen molar-refractivity contribution in [3.63, 3.8) is 0 Å². The van der Waals surface area contributed by atoms with Gasteiger partial charge >= 0.3 is 12.1 Å². The molecule has 0 aliphatic rings. The van der Waals surface area contributed by atoms with Gasteiger partial charge in [0.25, 0.3) is 0 Å². The van der Waals surface area contributed by atoms with Crippen LogP contribution in [0.2, 0.25) is 0 Å². The maximum absolute atomic E-state index is 12.4. The second-order valence-corrected chi connectivity index (χ2v) is 5.63. The SMILES string of the molecule is CCCc1ccc(C(=O)Oc2c(C)cccc2NC(=O)OCC)cc1. The van der Waals surface area contributed by atoms with E-state index in [4.69, 9.17) is 9.47 Å². The van der Waals surface area contributed by atoms with Crippen molar-refractivity contribution in [2.24, 2.45) is 0 Å². The molecule has 25 heavy (non-hydrogen) atoms. The van der Waals surface area contributed by atoms with Crippen LogP contribution >= 0.6 is 0 Å². The molecule has 0 radical (unpaired) electrons. The molecular weight excluding hydrogens is 318 g/mol. The summed E-state index contributed by atoms with van der Waals surface area (Å²) in [6.45, 7) is 5.90. The van der Waals surface area contributed by atoms with Crippen LogP contribution in [0.5, 0.6) is 5.75 Å². The minimum atomic E-state index is -0.589. The lowest BCUT2D eigenvalue weighted by Crippen LogP contribution is -2.16. The van der Waals surface area contributed by atoms with Crippen molar-refractivity contribution in [3.8, 4) is 5.75 Å². The van der Waals surface area contributed by atoms with Gasteiger partial charge in [-0.05, 0) is 49.6 Å². The van der Waals surface area contributed by atoms with Gasteiger partial charge in [0.05, 0.1) is 17.9 Å². The molecule has 2 rings (SSSR count). The highest BCUT2D eigenvalue weighted by Gasteiger charge is 2.16. The van der Waals surface area contributed by atoms with Gasteiger partial charge in [-0.3, -0.25) is 5.32 Å². The van der Waals surface area contributed by atoms with E-state index in [1.807, 2.05) is 25.1 Å². The van der Waals surface area contributed by atoms with Crippen LogP contribution in [0.1, 0.15) is 41.8 Å². The Hall–Kier alpha value is -2.82. The van der Waals surface area contributed by atoms with Gasteiger partial charge in [-0.25, -0.2) is 9.59 Å². The Kier molecular flexibility index (Phi) is 6.57. The molecule has 0 aliphatic heterocycles. The van der Waals surface area contributed by atoms with Gasteiger partial charge in [0, 0.05) is 0 Å². The third-order valence-electron chi connectivity index (χ3n) is 3.65. The first kappa shape index (κ1) is 18.5. The zero-order valence-electron chi connectivity index (χ0n) is 14.8. The summed E-state index contributed by atoms with van der Waals surface area (Å²) in [5.74, 6) is -0.151. The van der Waals surface area contributed by atoms with Gasteiger partial charge in [0.2, 0.25) is 0 Å². The number of nitrogens with one attached hydrogen (secondary N) is 1. The van der Waals surface area contributed by atoms with Crippen LogP contribution in [-0.4, -0.2) is 18.7 Å². The number of anilines is 1. The zero-order chi connectivity index (χ0) is 18.2. The number of hydrogen-bond acceptors (Lipinski definition) is 4. The van der Waals surface area contributed by atoms with Gasteiger partial charge in [-0.15, -0.1) is 0 Å². The fourth-order valence-electron chi connectivity index (χ4n) is 2.41. The van der Waals surface area contributed by atoms with Crippen molar-refractivity contribution < 1.29 is 19.1 Å². The molecule has 1 N–H and O–H groups in total. The number of benzene rings is 2. The summed E-state index contributed by atoms with van der Waals surface area (Å²) < 4.78 is 10.4. The van der Waals surface area contributed by atoms with E-state index in [2.05, 4.69) is 12.2 Å². The molecule has 0 aromatic heterocycles. The topological polar surface area (TPSA) is 64.6 Å². The molecule has 0 spiro atoms. The molecule has 132 valence electrons. The molecule has 0 atom stereocenters. The first-order chi connectivity index (χ1) is 12.0. The summed E-state index contributed by atoms with van der Waals surface area (Å²) in [7, 11) is 0. The minimum absolute atomic E-state index is 0.261. The van der Waals surface area contributed by atoms with Crippen LogP contribution in [0, 0.1) is 6.92 Å². The van der Waals surface area contributed by atoms with E-state index < -0.39 is 12.1 Å². The molecule has 5 heteroatoms. The molecule has 0 bridgehead atoms. The summed E-state index contributed by atoms with van der Waals surface area (Å²) >= 11 is 0. The fraction of sp³-hybridized carbons (Fsp3) is 0.300. The van der Waals surface area contributed by atoms with Crippen LogP contribution in [0.15, 0.2) is 42.5 Å². The first-order valence-electron chi connectivity index (χ1n) is 8.39. The Morgan fingerprint density at radius 2 is 1.76 bits per heavy atom. The van der Waals surface area contributed by atoms with Crippen LogP contribution in [0.4, 0.5) is 10.5 Å². The Morgan fingerprint density at radius 3 is 2.40 bits per heavy atom. The largest absolute Gasteiger partial charge is 0.450 e. The zero-order valence-corrected chi connectivity index (χ0v) is 14.8. The molecule has 5 nitrogen and oxygen atoms in total. The number of carbonyl (C=O) groups excluding carboxylic acids is 2. The second-order valence-electron chi connectivity index (χ2n) is 5.63. The lowest BCUT2D eigenvalue weighted by molar-refractivity contribution is 0.0734. The number of para-hydroxylation sites is 1. The van der Waals surface area contributed by atoms with Crippen molar-refractivity contribution >= 4 is 17.7 Å². The van der Waals surface area contributed by atoms with E-state index in [1.165, 1.54) is 5.56 Å². The van der Waals surface area contributed by atoms with Crippen molar-refractivity contribution in [2.45, 2.75) is 33.6 Å². The first-order valence-corrected chi connectivity index (χ1v) is 8.39. The number of amides is 1. The predicted molar refractivity (Wildman–Crippen MR) is 97.2 cm³/mol. The second kappa shape index (κ2) is 8.87. The number of carbonyl (C=O) groups is 2. The maximum Gasteiger partial charge on any atom is 0.411 e. The summed E-state index contributed by atoms with van der Waals surface area (Å²) in [5.41, 5.74) is 2.78. The molecule has 0 aliphatic carbocycles. The Balaban J connectivity index is 2.18. The number of rotatable bonds is 6. The quantitative estimate of drug-likeness (QED) is 0.609. The lowest BCUT2D eigenvalue weighted by atomic mass is 10.1. The normalized spacial score (nSPS) is 10.2. The minimum Gasteiger partial charge on any atom is -0.450 e. The Morgan fingerprint density at radius 1 is 1.04 bits per heavy atom. The highest BCUT2D eigenvalue weighted by molar-refractivity contribution is 5.93. The molecular formula is C20H23NO4. The van der Waals surface area contributed by atoms with E-state index in [0.717, 1.165) is 18.4 Å². The van der Waals surface area contributed by atoms with Crippen molar-refractivity contribution in [1.82, 2.24) is 0 Å². The molecule has 1 amide bonds. The summed E-state index contributed by atoms with van der Waals surface area (Å²) in [4.78, 5) is 24.1. The van der Waals surface area contributed by atoms with Crippen LogP contribution in [0.25, 0.3) is 0 Å². The number of aryl methyl sites for hydroxylation is 2. The molecule has 2 aromatic carbocycles. The lowest BCUT2D eigenvalue weighted by Gasteiger charge is -2.13. The summed E-state index contributed by atoms with van der Waals surface area (Å²) in [6.07, 6.45) is 1.44. The van der Waals surface area contributed by atoms with Crippen molar-refractivity contribution in [3.05, 3.63) is 59.2 Å². The maximum atomic E-state index is 12.4. The number of ether oxygens (including phenoxy) is 2. The average Bonchev–Trinajstić information content (AvgIpc) is 2.59. The number of hydrogen-bond donors (Lipinski definition) is 1. The summed E-state index contributed by atoms with van der Waals surface area (Å²) in [5, 5.41) is 2.60. The highest BCUT2D eigenvalue weighted by Crippen LogP contribution is 2.29. The predicted octanol–water partition coefficient (Wildman–Crippen LogP) is 4.74. The van der Waals surface area contributed by atoms with E-state index in [9.17, 15) is 9.59 Å². The smallest absolute Gasteiger partial charge is 0.411 e. The van der Waals surface area contributed by atoms with E-state index in [-0.39, 0.29) is 6.61 Å². The van der Waals surface area contributed by atoms with Crippen molar-refractivity contribution in [2.75, 3.05) is 11.9 Å². The van der Waals surface area contributed by atoms with Crippen LogP contribution in [-0.2, 0) is 11.2 Å². The molecule has 0 unspecified atom stereocenters.